The maximum Gasteiger partial charge on any atom is 0.350 e. The number of aryl methyl sites for hydroxylation is 1. The number of rotatable bonds is 4. The van der Waals surface area contributed by atoms with E-state index in [2.05, 4.69) is 15.5 Å². The Labute approximate surface area is 160 Å². The molecule has 8 nitrogen and oxygen atoms in total. The summed E-state index contributed by atoms with van der Waals surface area (Å²) in [5.74, 6) is -0.546. The summed E-state index contributed by atoms with van der Waals surface area (Å²) >= 11 is 7.38. The first-order valence-corrected chi connectivity index (χ1v) is 8.99. The molecule has 0 bridgehead atoms. The van der Waals surface area contributed by atoms with Gasteiger partial charge in [0.05, 0.1) is 5.69 Å². The van der Waals surface area contributed by atoms with E-state index < -0.39 is 11.6 Å². The van der Waals surface area contributed by atoms with E-state index in [1.807, 2.05) is 6.92 Å². The van der Waals surface area contributed by atoms with Crippen LogP contribution in [-0.4, -0.2) is 26.2 Å². The second kappa shape index (κ2) is 6.93. The summed E-state index contributed by atoms with van der Waals surface area (Å²) in [7, 11) is 0. The van der Waals surface area contributed by atoms with Gasteiger partial charge in [0.25, 0.3) is 0 Å². The van der Waals surface area contributed by atoms with E-state index in [9.17, 15) is 9.59 Å². The number of aromatic nitrogens is 4. The molecular formula is C17H11ClN4O4S. The van der Waals surface area contributed by atoms with Crippen molar-refractivity contribution in [2.75, 3.05) is 0 Å². The minimum absolute atomic E-state index is 0.104. The van der Waals surface area contributed by atoms with Crippen molar-refractivity contribution in [3.05, 3.63) is 67.4 Å². The zero-order valence-corrected chi connectivity index (χ0v) is 15.5. The Hall–Kier alpha value is -3.04. The average molecular weight is 403 g/mol. The molecule has 0 spiro atoms. The number of ether oxygens (including phenoxy) is 1. The van der Waals surface area contributed by atoms with Gasteiger partial charge in [-0.25, -0.2) is 9.59 Å². The molecule has 0 amide bonds. The molecule has 27 heavy (non-hydrogen) atoms. The molecule has 0 saturated carbocycles. The first kappa shape index (κ1) is 17.4. The maximum atomic E-state index is 12.5. The molecule has 10 heteroatoms. The van der Waals surface area contributed by atoms with Crippen LogP contribution in [0.4, 0.5) is 0 Å². The normalized spacial score (nSPS) is 11.0. The Bertz CT molecular complexity index is 1200. The molecule has 4 aromatic rings. The SMILES string of the molecule is Cc1cc2oc(=O)cc(COC(=O)c3sccc3-n3cnnn3)c2cc1Cl. The fourth-order valence-electron chi connectivity index (χ4n) is 2.58. The van der Waals surface area contributed by atoms with Crippen LogP contribution in [0, 0.1) is 6.92 Å². The van der Waals surface area contributed by atoms with Gasteiger partial charge in [-0.1, -0.05) is 11.6 Å². The Morgan fingerprint density at radius 1 is 1.37 bits per heavy atom. The highest BCUT2D eigenvalue weighted by molar-refractivity contribution is 7.12. The zero-order valence-electron chi connectivity index (χ0n) is 13.9. The third-order valence-corrected chi connectivity index (χ3v) is 5.18. The molecule has 0 atom stereocenters. The molecule has 0 aliphatic heterocycles. The Balaban J connectivity index is 1.63. The molecule has 0 unspecified atom stereocenters. The number of hydrogen-bond donors (Lipinski definition) is 0. The molecule has 0 aliphatic rings. The lowest BCUT2D eigenvalue weighted by Gasteiger charge is -2.09. The lowest BCUT2D eigenvalue weighted by atomic mass is 10.1. The largest absolute Gasteiger partial charge is 0.457 e. The number of tetrazole rings is 1. The quantitative estimate of drug-likeness (QED) is 0.381. The number of nitrogens with zero attached hydrogens (tertiary/aromatic N) is 4. The van der Waals surface area contributed by atoms with Crippen LogP contribution < -0.4 is 5.63 Å². The van der Waals surface area contributed by atoms with E-state index in [0.29, 0.717) is 32.1 Å². The van der Waals surface area contributed by atoms with Crippen molar-refractivity contribution in [3.63, 3.8) is 0 Å². The fraction of sp³-hybridized carbons (Fsp3) is 0.118. The molecule has 1 aromatic carbocycles. The monoisotopic (exact) mass is 402 g/mol. The number of hydrogen-bond acceptors (Lipinski definition) is 8. The van der Waals surface area contributed by atoms with E-state index in [4.69, 9.17) is 20.8 Å². The minimum Gasteiger partial charge on any atom is -0.457 e. The first-order chi connectivity index (χ1) is 13.0. The number of carbonyl (C=O) groups is 1. The summed E-state index contributed by atoms with van der Waals surface area (Å²) < 4.78 is 12.0. The number of benzene rings is 1. The number of carbonyl (C=O) groups excluding carboxylic acids is 1. The van der Waals surface area contributed by atoms with Crippen molar-refractivity contribution in [1.29, 1.82) is 0 Å². The van der Waals surface area contributed by atoms with Gasteiger partial charge < -0.3 is 9.15 Å². The van der Waals surface area contributed by atoms with E-state index in [0.717, 1.165) is 5.56 Å². The van der Waals surface area contributed by atoms with Crippen LogP contribution >= 0.6 is 22.9 Å². The molecule has 0 radical (unpaired) electrons. The molecule has 3 heterocycles. The number of fused-ring (bicyclic) bond motifs is 1. The van der Waals surface area contributed by atoms with E-state index in [1.54, 1.807) is 23.6 Å². The van der Waals surface area contributed by atoms with Gasteiger partial charge in [0.2, 0.25) is 0 Å². The third kappa shape index (κ3) is 3.34. The van der Waals surface area contributed by atoms with Gasteiger partial charge in [0.15, 0.2) is 0 Å². The van der Waals surface area contributed by atoms with Crippen LogP contribution in [-0.2, 0) is 11.3 Å². The van der Waals surface area contributed by atoms with Crippen LogP contribution in [0.2, 0.25) is 5.02 Å². The zero-order chi connectivity index (χ0) is 19.0. The van der Waals surface area contributed by atoms with Gasteiger partial charge in [-0.3, -0.25) is 0 Å². The molecular weight excluding hydrogens is 392 g/mol. The van der Waals surface area contributed by atoms with Crippen LogP contribution in [0.25, 0.3) is 16.7 Å². The number of halogens is 1. The number of esters is 1. The van der Waals surface area contributed by atoms with Gasteiger partial charge in [0, 0.05) is 22.0 Å². The van der Waals surface area contributed by atoms with Crippen molar-refractivity contribution in [3.8, 4) is 5.69 Å². The second-order valence-corrected chi connectivity index (χ2v) is 6.98. The molecule has 0 N–H and O–H groups in total. The summed E-state index contributed by atoms with van der Waals surface area (Å²) in [5.41, 5.74) is 1.68. The van der Waals surface area contributed by atoms with E-state index in [1.165, 1.54) is 28.4 Å². The van der Waals surface area contributed by atoms with Crippen molar-refractivity contribution >= 4 is 39.9 Å². The van der Waals surface area contributed by atoms with Gasteiger partial charge in [-0.15, -0.1) is 16.4 Å². The predicted molar refractivity (Wildman–Crippen MR) is 98.4 cm³/mol. The summed E-state index contributed by atoms with van der Waals surface area (Å²) in [6.07, 6.45) is 1.39. The van der Waals surface area contributed by atoms with Crippen LogP contribution in [0.3, 0.4) is 0 Å². The highest BCUT2D eigenvalue weighted by atomic mass is 35.5. The second-order valence-electron chi connectivity index (χ2n) is 5.65. The highest BCUT2D eigenvalue weighted by Gasteiger charge is 2.18. The van der Waals surface area contributed by atoms with Gasteiger partial charge >= 0.3 is 11.6 Å². The van der Waals surface area contributed by atoms with E-state index in [-0.39, 0.29) is 6.61 Å². The Kier molecular flexibility index (Phi) is 4.46. The predicted octanol–water partition coefficient (Wildman–Crippen LogP) is 3.15. The molecule has 3 aromatic heterocycles. The Morgan fingerprint density at radius 3 is 3.00 bits per heavy atom. The first-order valence-electron chi connectivity index (χ1n) is 7.74. The molecule has 136 valence electrons. The van der Waals surface area contributed by atoms with E-state index >= 15 is 0 Å². The highest BCUT2D eigenvalue weighted by Crippen LogP contribution is 2.26. The lowest BCUT2D eigenvalue weighted by molar-refractivity contribution is 0.0479. The smallest absolute Gasteiger partial charge is 0.350 e. The number of thiophene rings is 1. The van der Waals surface area contributed by atoms with Crippen molar-refractivity contribution in [2.45, 2.75) is 13.5 Å². The maximum absolute atomic E-state index is 12.5. The molecule has 0 aliphatic carbocycles. The lowest BCUT2D eigenvalue weighted by Crippen LogP contribution is -2.09. The summed E-state index contributed by atoms with van der Waals surface area (Å²) in [4.78, 5) is 24.7. The fourth-order valence-corrected chi connectivity index (χ4v) is 3.52. The Morgan fingerprint density at radius 2 is 2.22 bits per heavy atom. The van der Waals surface area contributed by atoms with Gasteiger partial charge in [0.1, 0.15) is 23.4 Å². The standard InChI is InChI=1S/C17H11ClN4O4S/c1-9-4-14-11(6-12(9)18)10(5-15(23)26-14)7-25-17(24)16-13(2-3-27-16)22-8-19-20-21-22/h2-6,8H,7H2,1H3. The molecule has 4 rings (SSSR count). The molecule has 0 fully saturated rings. The third-order valence-electron chi connectivity index (χ3n) is 3.89. The van der Waals surface area contributed by atoms with Crippen molar-refractivity contribution in [1.82, 2.24) is 20.2 Å². The van der Waals surface area contributed by atoms with Crippen molar-refractivity contribution < 1.29 is 13.9 Å². The van der Waals surface area contributed by atoms with Gasteiger partial charge in [-0.05, 0) is 46.5 Å². The summed E-state index contributed by atoms with van der Waals surface area (Å²) in [5, 5.41) is 13.8. The topological polar surface area (TPSA) is 100 Å². The van der Waals surface area contributed by atoms with Gasteiger partial charge in [-0.2, -0.15) is 4.68 Å². The minimum atomic E-state index is -0.546. The summed E-state index contributed by atoms with van der Waals surface area (Å²) in [6, 6.07) is 6.38. The van der Waals surface area contributed by atoms with Crippen LogP contribution in [0.15, 0.2) is 45.2 Å². The summed E-state index contributed by atoms with van der Waals surface area (Å²) in [6.45, 7) is 1.71. The average Bonchev–Trinajstić information content (AvgIpc) is 3.31. The molecule has 0 saturated heterocycles. The van der Waals surface area contributed by atoms with Crippen LogP contribution in [0.5, 0.6) is 0 Å². The van der Waals surface area contributed by atoms with Crippen LogP contribution in [0.1, 0.15) is 20.8 Å². The van der Waals surface area contributed by atoms with Crippen molar-refractivity contribution in [2.24, 2.45) is 0 Å².